The molecular formula is C11H22N2O2. The third kappa shape index (κ3) is 3.38. The quantitative estimate of drug-likeness (QED) is 0.767. The van der Waals surface area contributed by atoms with Crippen LogP contribution in [-0.2, 0) is 4.74 Å². The normalized spacial score (nSPS) is 24.2. The van der Waals surface area contributed by atoms with Crippen molar-refractivity contribution >= 4 is 6.09 Å². The van der Waals surface area contributed by atoms with Crippen molar-refractivity contribution in [1.82, 2.24) is 4.90 Å². The van der Waals surface area contributed by atoms with Crippen molar-refractivity contribution in [1.29, 1.82) is 0 Å². The highest BCUT2D eigenvalue weighted by molar-refractivity contribution is 5.68. The van der Waals surface area contributed by atoms with Gasteiger partial charge in [0.1, 0.15) is 0 Å². The summed E-state index contributed by atoms with van der Waals surface area (Å²) in [5, 5.41) is 0. The van der Waals surface area contributed by atoms with Gasteiger partial charge in [0.15, 0.2) is 0 Å². The van der Waals surface area contributed by atoms with Crippen LogP contribution in [0.15, 0.2) is 0 Å². The number of amides is 1. The summed E-state index contributed by atoms with van der Waals surface area (Å²) in [5.41, 5.74) is 5.55. The van der Waals surface area contributed by atoms with Gasteiger partial charge in [0.25, 0.3) is 0 Å². The van der Waals surface area contributed by atoms with E-state index in [9.17, 15) is 4.79 Å². The monoisotopic (exact) mass is 214 g/mol. The summed E-state index contributed by atoms with van der Waals surface area (Å²) in [6.45, 7) is 9.05. The minimum absolute atomic E-state index is 0.188. The Kier molecular flexibility index (Phi) is 4.39. The lowest BCUT2D eigenvalue weighted by atomic mass is 9.95. The number of nitrogens with two attached hydrogens (primary N) is 1. The van der Waals surface area contributed by atoms with Crippen LogP contribution in [0.2, 0.25) is 0 Å². The molecule has 0 saturated carbocycles. The third-order valence-corrected chi connectivity index (χ3v) is 3.01. The highest BCUT2D eigenvalue weighted by Gasteiger charge is 2.29. The molecule has 1 fully saturated rings. The zero-order valence-corrected chi connectivity index (χ0v) is 9.90. The number of cyclic esters (lactones) is 1. The number of ether oxygens (including phenoxy) is 1. The van der Waals surface area contributed by atoms with Crippen LogP contribution < -0.4 is 5.73 Å². The Balaban J connectivity index is 2.50. The van der Waals surface area contributed by atoms with Crippen LogP contribution in [0.4, 0.5) is 4.79 Å². The van der Waals surface area contributed by atoms with Crippen molar-refractivity contribution < 1.29 is 9.53 Å². The van der Waals surface area contributed by atoms with Crippen molar-refractivity contribution in [3.8, 4) is 0 Å². The molecule has 0 radical (unpaired) electrons. The van der Waals surface area contributed by atoms with E-state index in [2.05, 4.69) is 13.8 Å². The summed E-state index contributed by atoms with van der Waals surface area (Å²) in [4.78, 5) is 13.3. The van der Waals surface area contributed by atoms with E-state index in [1.807, 2.05) is 6.92 Å². The molecule has 0 bridgehead atoms. The maximum absolute atomic E-state index is 11.5. The molecule has 4 heteroatoms. The number of rotatable bonds is 4. The Morgan fingerprint density at radius 2 is 2.20 bits per heavy atom. The molecule has 1 saturated heterocycles. The first kappa shape index (κ1) is 12.3. The molecular weight excluding hydrogens is 192 g/mol. The average molecular weight is 214 g/mol. The SMILES string of the molecule is CC(CN)CN1CC(C(C)C)COC1=O. The summed E-state index contributed by atoms with van der Waals surface area (Å²) in [7, 11) is 0. The van der Waals surface area contributed by atoms with Crippen molar-refractivity contribution in [2.24, 2.45) is 23.5 Å². The molecule has 0 aromatic carbocycles. The van der Waals surface area contributed by atoms with E-state index in [4.69, 9.17) is 10.5 Å². The van der Waals surface area contributed by atoms with Gasteiger partial charge in [-0.1, -0.05) is 20.8 Å². The van der Waals surface area contributed by atoms with Crippen LogP contribution in [0.5, 0.6) is 0 Å². The zero-order chi connectivity index (χ0) is 11.4. The maximum Gasteiger partial charge on any atom is 0.409 e. The molecule has 0 aromatic rings. The lowest BCUT2D eigenvalue weighted by Gasteiger charge is -2.35. The second kappa shape index (κ2) is 5.35. The molecule has 0 aliphatic carbocycles. The third-order valence-electron chi connectivity index (χ3n) is 3.01. The van der Waals surface area contributed by atoms with Crippen molar-refractivity contribution in [3.63, 3.8) is 0 Å². The van der Waals surface area contributed by atoms with Gasteiger partial charge in [-0.3, -0.25) is 0 Å². The molecule has 1 aliphatic heterocycles. The predicted molar refractivity (Wildman–Crippen MR) is 59.5 cm³/mol. The minimum Gasteiger partial charge on any atom is -0.449 e. The molecule has 0 aromatic heterocycles. The van der Waals surface area contributed by atoms with E-state index in [0.717, 1.165) is 6.54 Å². The van der Waals surface area contributed by atoms with E-state index >= 15 is 0 Å². The van der Waals surface area contributed by atoms with Gasteiger partial charge in [-0.2, -0.15) is 0 Å². The van der Waals surface area contributed by atoms with Gasteiger partial charge in [-0.05, 0) is 18.4 Å². The Morgan fingerprint density at radius 3 is 2.73 bits per heavy atom. The zero-order valence-electron chi connectivity index (χ0n) is 9.90. The van der Waals surface area contributed by atoms with Crippen LogP contribution >= 0.6 is 0 Å². The fraction of sp³-hybridized carbons (Fsp3) is 0.909. The summed E-state index contributed by atoms with van der Waals surface area (Å²) in [6, 6.07) is 0. The molecule has 1 amide bonds. The standard InChI is InChI=1S/C11H22N2O2/c1-8(2)10-6-13(5-9(3)4-12)11(14)15-7-10/h8-10H,4-7,12H2,1-3H3. The summed E-state index contributed by atoms with van der Waals surface area (Å²) in [5.74, 6) is 1.34. The first-order chi connectivity index (χ1) is 7.04. The lowest BCUT2D eigenvalue weighted by molar-refractivity contribution is 0.0256. The number of hydrogen-bond donors (Lipinski definition) is 1. The molecule has 2 atom stereocenters. The maximum atomic E-state index is 11.5. The molecule has 1 rings (SSSR count). The molecule has 1 heterocycles. The molecule has 4 nitrogen and oxygen atoms in total. The largest absolute Gasteiger partial charge is 0.449 e. The summed E-state index contributed by atoms with van der Waals surface area (Å²) >= 11 is 0. The number of carbonyl (C=O) groups is 1. The minimum atomic E-state index is -0.188. The van der Waals surface area contributed by atoms with E-state index in [-0.39, 0.29) is 6.09 Å². The van der Waals surface area contributed by atoms with Gasteiger partial charge in [0, 0.05) is 19.0 Å². The van der Waals surface area contributed by atoms with E-state index in [1.54, 1.807) is 4.90 Å². The molecule has 1 aliphatic rings. The fourth-order valence-corrected chi connectivity index (χ4v) is 1.68. The second-order valence-electron chi connectivity index (χ2n) is 4.83. The van der Waals surface area contributed by atoms with Crippen LogP contribution in [0.25, 0.3) is 0 Å². The first-order valence-electron chi connectivity index (χ1n) is 5.66. The lowest BCUT2D eigenvalue weighted by Crippen LogP contribution is -2.47. The average Bonchev–Trinajstić information content (AvgIpc) is 2.20. The highest BCUT2D eigenvalue weighted by Crippen LogP contribution is 2.19. The van der Waals surface area contributed by atoms with Gasteiger partial charge in [-0.25, -0.2) is 4.79 Å². The molecule has 2 unspecified atom stereocenters. The number of hydrogen-bond acceptors (Lipinski definition) is 3. The van der Waals surface area contributed by atoms with E-state index in [0.29, 0.717) is 37.5 Å². The van der Waals surface area contributed by atoms with E-state index in [1.165, 1.54) is 0 Å². The highest BCUT2D eigenvalue weighted by atomic mass is 16.6. The Labute approximate surface area is 91.8 Å². The first-order valence-corrected chi connectivity index (χ1v) is 5.66. The van der Waals surface area contributed by atoms with Crippen molar-refractivity contribution in [2.75, 3.05) is 26.2 Å². The Hall–Kier alpha value is -0.770. The smallest absolute Gasteiger partial charge is 0.409 e. The van der Waals surface area contributed by atoms with Gasteiger partial charge in [0.05, 0.1) is 6.61 Å². The summed E-state index contributed by atoms with van der Waals surface area (Å²) in [6.07, 6.45) is -0.188. The van der Waals surface area contributed by atoms with Crippen LogP contribution in [-0.4, -0.2) is 37.2 Å². The second-order valence-corrected chi connectivity index (χ2v) is 4.83. The summed E-state index contributed by atoms with van der Waals surface area (Å²) < 4.78 is 5.16. The molecule has 88 valence electrons. The van der Waals surface area contributed by atoms with Crippen LogP contribution in [0.3, 0.4) is 0 Å². The van der Waals surface area contributed by atoms with Crippen molar-refractivity contribution in [3.05, 3.63) is 0 Å². The number of carbonyl (C=O) groups excluding carboxylic acids is 1. The van der Waals surface area contributed by atoms with E-state index < -0.39 is 0 Å². The topological polar surface area (TPSA) is 55.6 Å². The Morgan fingerprint density at radius 1 is 1.53 bits per heavy atom. The van der Waals surface area contributed by atoms with Gasteiger partial charge in [0.2, 0.25) is 0 Å². The number of nitrogens with zero attached hydrogens (tertiary/aromatic N) is 1. The predicted octanol–water partition coefficient (Wildman–Crippen LogP) is 1.31. The van der Waals surface area contributed by atoms with Crippen molar-refractivity contribution in [2.45, 2.75) is 20.8 Å². The Bertz CT molecular complexity index is 219. The fourth-order valence-electron chi connectivity index (χ4n) is 1.68. The van der Waals surface area contributed by atoms with Gasteiger partial charge in [-0.15, -0.1) is 0 Å². The molecule has 0 spiro atoms. The van der Waals surface area contributed by atoms with Crippen LogP contribution in [0.1, 0.15) is 20.8 Å². The van der Waals surface area contributed by atoms with Crippen LogP contribution in [0, 0.1) is 17.8 Å². The van der Waals surface area contributed by atoms with Gasteiger partial charge >= 0.3 is 6.09 Å². The van der Waals surface area contributed by atoms with Gasteiger partial charge < -0.3 is 15.4 Å². The molecule has 15 heavy (non-hydrogen) atoms. The molecule has 2 N–H and O–H groups in total.